The number of aliphatic imine (C=N–C) groups is 1. The van der Waals surface area contributed by atoms with Gasteiger partial charge in [-0.05, 0) is 91.4 Å². The maximum absolute atomic E-state index is 6.29. The topological polar surface area (TPSA) is 90.4 Å². The fourth-order valence-corrected chi connectivity index (χ4v) is 6.27. The Kier molecular flexibility index (Phi) is 10.6. The molecule has 0 saturated carbocycles. The van der Waals surface area contributed by atoms with Crippen LogP contribution in [-0.2, 0) is 36.8 Å². The summed E-state index contributed by atoms with van der Waals surface area (Å²) in [6, 6.07) is 31.2. The molecular formula is C37H44Br2N4. The second kappa shape index (κ2) is 13.8. The van der Waals surface area contributed by atoms with E-state index in [0.29, 0.717) is 13.1 Å². The van der Waals surface area contributed by atoms with Crippen LogP contribution in [-0.4, -0.2) is 9.70 Å². The summed E-state index contributed by atoms with van der Waals surface area (Å²) in [5.41, 5.74) is 29.7. The van der Waals surface area contributed by atoms with Crippen molar-refractivity contribution in [1.82, 2.24) is 0 Å². The first-order chi connectivity index (χ1) is 20.2. The van der Waals surface area contributed by atoms with Crippen molar-refractivity contribution in [3.63, 3.8) is 0 Å². The van der Waals surface area contributed by atoms with Crippen LogP contribution in [0.4, 0.5) is 0 Å². The van der Waals surface area contributed by atoms with E-state index in [1.165, 1.54) is 38.9 Å². The molecule has 0 atom stereocenters. The maximum Gasteiger partial charge on any atom is 0.186 e. The van der Waals surface area contributed by atoms with Gasteiger partial charge in [-0.3, -0.25) is 0 Å². The molecule has 0 saturated heterocycles. The van der Waals surface area contributed by atoms with Gasteiger partial charge in [0.05, 0.1) is 10.3 Å². The summed E-state index contributed by atoms with van der Waals surface area (Å²) in [4.78, 5) is 4.22. The van der Waals surface area contributed by atoms with Crippen molar-refractivity contribution in [2.24, 2.45) is 22.2 Å². The normalized spacial score (nSPS) is 12.0. The monoisotopic (exact) mass is 702 g/mol. The van der Waals surface area contributed by atoms with Gasteiger partial charge >= 0.3 is 0 Å². The highest BCUT2D eigenvalue weighted by Gasteiger charge is 2.23. The molecule has 0 heterocycles. The number of nitrogens with zero attached hydrogens (tertiary/aromatic N) is 1. The molecule has 0 aliphatic carbocycles. The minimum Gasteiger partial charge on any atom is -0.370 e. The zero-order valence-corrected chi connectivity index (χ0v) is 29.1. The predicted molar refractivity (Wildman–Crippen MR) is 192 cm³/mol. The van der Waals surface area contributed by atoms with Gasteiger partial charge in [-0.2, -0.15) is 0 Å². The third-order valence-corrected chi connectivity index (χ3v) is 8.68. The van der Waals surface area contributed by atoms with Crippen LogP contribution in [0, 0.1) is 0 Å². The van der Waals surface area contributed by atoms with Crippen molar-refractivity contribution < 1.29 is 0 Å². The second-order valence-electron chi connectivity index (χ2n) is 13.0. The number of rotatable bonds is 10. The molecule has 4 aromatic carbocycles. The van der Waals surface area contributed by atoms with Crippen LogP contribution in [0.3, 0.4) is 0 Å². The summed E-state index contributed by atoms with van der Waals surface area (Å²) in [6.07, 6.45) is 1.75. The standard InChI is InChI=1S/C37H44Br2N4/c1-36(2,3)32-12-8-26(9-13-32)28-6-7-29(31(20-28)22-40)21-37(4,5)33-14-10-27(11-15-33)30-17-24(19-34(38)39)16-25(18-30)23-43-35(41)42/h6-18,20,34H,19,21-23,40H2,1-5H3,(H4,41,42,43). The van der Waals surface area contributed by atoms with E-state index in [1.54, 1.807) is 0 Å². The number of benzene rings is 4. The minimum atomic E-state index is -0.0716. The average Bonchev–Trinajstić information content (AvgIpc) is 2.95. The number of hydrogen-bond acceptors (Lipinski definition) is 2. The summed E-state index contributed by atoms with van der Waals surface area (Å²) >= 11 is 7.23. The summed E-state index contributed by atoms with van der Waals surface area (Å²) in [6.45, 7) is 12.3. The lowest BCUT2D eigenvalue weighted by atomic mass is 9.77. The van der Waals surface area contributed by atoms with Crippen LogP contribution in [0.5, 0.6) is 0 Å². The van der Waals surface area contributed by atoms with Crippen molar-refractivity contribution in [3.05, 3.63) is 118 Å². The largest absolute Gasteiger partial charge is 0.370 e. The Morgan fingerprint density at radius 2 is 1.23 bits per heavy atom. The molecule has 0 bridgehead atoms. The number of guanidine groups is 1. The minimum absolute atomic E-state index is 0.0716. The highest BCUT2D eigenvalue weighted by Crippen LogP contribution is 2.34. The second-order valence-corrected chi connectivity index (χ2v) is 16.5. The van der Waals surface area contributed by atoms with E-state index in [-0.39, 0.29) is 20.5 Å². The molecule has 6 N–H and O–H groups in total. The molecule has 226 valence electrons. The Morgan fingerprint density at radius 1 is 0.674 bits per heavy atom. The molecule has 4 rings (SSSR count). The number of alkyl halides is 2. The first-order valence-electron chi connectivity index (χ1n) is 14.8. The Hall–Kier alpha value is -2.93. The molecular weight excluding hydrogens is 660 g/mol. The molecule has 43 heavy (non-hydrogen) atoms. The molecule has 6 heteroatoms. The van der Waals surface area contributed by atoms with Gasteiger partial charge in [0.15, 0.2) is 5.96 Å². The van der Waals surface area contributed by atoms with Crippen LogP contribution >= 0.6 is 31.9 Å². The van der Waals surface area contributed by atoms with Crippen molar-refractivity contribution in [1.29, 1.82) is 0 Å². The lowest BCUT2D eigenvalue weighted by Crippen LogP contribution is -2.22. The van der Waals surface area contributed by atoms with Crippen molar-refractivity contribution >= 4 is 37.8 Å². The van der Waals surface area contributed by atoms with Crippen molar-refractivity contribution in [2.75, 3.05) is 0 Å². The van der Waals surface area contributed by atoms with Crippen LogP contribution in [0.25, 0.3) is 22.3 Å². The van der Waals surface area contributed by atoms with Gasteiger partial charge in [-0.1, -0.05) is 139 Å². The van der Waals surface area contributed by atoms with Gasteiger partial charge < -0.3 is 17.2 Å². The van der Waals surface area contributed by atoms with Gasteiger partial charge in [0.1, 0.15) is 0 Å². The summed E-state index contributed by atoms with van der Waals surface area (Å²) in [5.74, 6) is 0.0968. The Morgan fingerprint density at radius 3 is 1.79 bits per heavy atom. The SMILES string of the molecule is CC(C)(C)c1ccc(-c2ccc(CC(C)(C)c3ccc(-c4cc(CN=C(N)N)cc(CC(Br)Br)c4)cc3)c(CN)c2)cc1. The van der Waals surface area contributed by atoms with Gasteiger partial charge in [0.25, 0.3) is 0 Å². The van der Waals surface area contributed by atoms with E-state index in [0.717, 1.165) is 29.5 Å². The maximum atomic E-state index is 6.29. The molecule has 0 spiro atoms. The molecule has 0 radical (unpaired) electrons. The summed E-state index contributed by atoms with van der Waals surface area (Å²) in [5, 5.41) is 0. The fraction of sp³-hybridized carbons (Fsp3) is 0.324. The third kappa shape index (κ3) is 8.81. The smallest absolute Gasteiger partial charge is 0.186 e. The van der Waals surface area contributed by atoms with Gasteiger partial charge in [0.2, 0.25) is 0 Å². The van der Waals surface area contributed by atoms with Crippen molar-refractivity contribution in [3.8, 4) is 22.3 Å². The van der Waals surface area contributed by atoms with E-state index in [2.05, 4.69) is 156 Å². The average molecular weight is 705 g/mol. The number of halogens is 2. The van der Waals surface area contributed by atoms with E-state index in [1.807, 2.05) is 0 Å². The number of nitrogens with two attached hydrogens (primary N) is 3. The quantitative estimate of drug-likeness (QED) is 0.0877. The van der Waals surface area contributed by atoms with E-state index in [4.69, 9.17) is 17.2 Å². The molecule has 0 aliphatic rings. The van der Waals surface area contributed by atoms with Crippen LogP contribution in [0.2, 0.25) is 0 Å². The third-order valence-electron chi connectivity index (χ3n) is 8.03. The van der Waals surface area contributed by atoms with Gasteiger partial charge in [0, 0.05) is 6.54 Å². The molecule has 4 nitrogen and oxygen atoms in total. The Bertz CT molecular complexity index is 1560. The lowest BCUT2D eigenvalue weighted by Gasteiger charge is -2.27. The van der Waals surface area contributed by atoms with E-state index < -0.39 is 0 Å². The predicted octanol–water partition coefficient (Wildman–Crippen LogP) is 8.73. The van der Waals surface area contributed by atoms with Crippen LogP contribution < -0.4 is 17.2 Å². The fourth-order valence-electron chi connectivity index (χ4n) is 5.52. The van der Waals surface area contributed by atoms with Crippen LogP contribution in [0.15, 0.2) is 89.9 Å². The zero-order valence-electron chi connectivity index (χ0n) is 25.9. The van der Waals surface area contributed by atoms with E-state index in [9.17, 15) is 0 Å². The molecule has 0 aromatic heterocycles. The summed E-state index contributed by atoms with van der Waals surface area (Å²) < 4.78 is 0.191. The van der Waals surface area contributed by atoms with E-state index >= 15 is 0 Å². The highest BCUT2D eigenvalue weighted by molar-refractivity contribution is 9.24. The number of hydrogen-bond donors (Lipinski definition) is 3. The molecule has 0 fully saturated rings. The van der Waals surface area contributed by atoms with Gasteiger partial charge in [-0.15, -0.1) is 0 Å². The summed E-state index contributed by atoms with van der Waals surface area (Å²) in [7, 11) is 0. The Labute approximate surface area is 274 Å². The molecule has 4 aromatic rings. The Balaban J connectivity index is 1.56. The zero-order chi connectivity index (χ0) is 31.4. The lowest BCUT2D eigenvalue weighted by molar-refractivity contribution is 0.520. The first-order valence-corrected chi connectivity index (χ1v) is 16.6. The van der Waals surface area contributed by atoms with Gasteiger partial charge in [-0.25, -0.2) is 4.99 Å². The molecule has 0 amide bonds. The molecule has 0 unspecified atom stereocenters. The van der Waals surface area contributed by atoms with Crippen molar-refractivity contribution in [2.45, 2.75) is 75.1 Å². The first kappa shape index (κ1) is 33.0. The van der Waals surface area contributed by atoms with Crippen LogP contribution in [0.1, 0.15) is 68.0 Å². The highest BCUT2D eigenvalue weighted by atomic mass is 79.9. The molecule has 0 aliphatic heterocycles.